The molecule has 0 aromatic carbocycles. The van der Waals surface area contributed by atoms with Gasteiger partial charge < -0.3 is 0 Å². The largest absolute Gasteiger partial charge is 0.192 e. The van der Waals surface area contributed by atoms with Crippen molar-refractivity contribution in [3.05, 3.63) is 34.3 Å². The van der Waals surface area contributed by atoms with Gasteiger partial charge in [-0.1, -0.05) is 32.8 Å². The zero-order valence-corrected chi connectivity index (χ0v) is 11.6. The van der Waals surface area contributed by atoms with E-state index in [1.54, 1.807) is 0 Å². The number of hydrogen-bond donors (Lipinski definition) is 0. The minimum atomic E-state index is 0.758. The molecule has 0 radical (unpaired) electrons. The predicted molar refractivity (Wildman–Crippen MR) is 71.4 cm³/mol. The summed E-state index contributed by atoms with van der Waals surface area (Å²) in [6, 6.07) is 4.29. The Morgan fingerprint density at radius 1 is 0.688 bits per heavy atom. The summed E-state index contributed by atoms with van der Waals surface area (Å²) in [7, 11) is 4.45. The van der Waals surface area contributed by atoms with E-state index in [0.29, 0.717) is 0 Å². The Morgan fingerprint density at radius 3 is 1.25 bits per heavy atom. The lowest BCUT2D eigenvalue weighted by atomic mass is 10.5. The van der Waals surface area contributed by atoms with Crippen LogP contribution in [-0.4, -0.2) is 0 Å². The van der Waals surface area contributed by atoms with Gasteiger partial charge in [-0.15, -0.1) is 0 Å². The van der Waals surface area contributed by atoms with E-state index in [-0.39, 0.29) is 0 Å². The van der Waals surface area contributed by atoms with Crippen LogP contribution in [0.1, 0.15) is 11.1 Å². The van der Waals surface area contributed by atoms with Gasteiger partial charge in [-0.2, -0.15) is 10.5 Å². The fraction of sp³-hybridized carbons (Fsp3) is 0. The van der Waals surface area contributed by atoms with E-state index in [9.17, 15) is 0 Å². The second-order valence-electron chi connectivity index (χ2n) is 2.81. The first-order valence-corrected chi connectivity index (χ1v) is 8.13. The molecule has 2 heterocycles. The molecule has 0 aliphatic carbocycles. The van der Waals surface area contributed by atoms with Crippen molar-refractivity contribution in [1.29, 1.82) is 10.5 Å². The van der Waals surface area contributed by atoms with Crippen molar-refractivity contribution in [2.75, 3.05) is 0 Å². The van der Waals surface area contributed by atoms with Gasteiger partial charge in [0.05, 0.1) is 23.3 Å². The number of nitrogens with zero attached hydrogens (tertiary/aromatic N) is 2. The molecule has 2 rings (SSSR count). The van der Waals surface area contributed by atoms with Gasteiger partial charge in [0.25, 0.3) is 0 Å². The molecular weight excluding hydrogens is 272 g/mol. The van der Waals surface area contributed by atoms with Crippen molar-refractivity contribution in [3.8, 4) is 22.2 Å². The van der Waals surface area contributed by atoms with Crippen molar-refractivity contribution >= 4 is 32.8 Å². The SMILES string of the molecule is N#Cc1cpc(-c2pcc(C#N)cp2)pc1. The molecular formula is C10H4N2P4. The highest BCUT2D eigenvalue weighted by Gasteiger charge is 2.00. The normalized spacial score (nSPS) is 11.1. The summed E-state index contributed by atoms with van der Waals surface area (Å²) >= 11 is 0. The maximum absolute atomic E-state index is 8.72. The van der Waals surface area contributed by atoms with Crippen LogP contribution in [-0.2, 0) is 0 Å². The zero-order valence-electron chi connectivity index (χ0n) is 7.99. The first-order valence-electron chi connectivity index (χ1n) is 4.28. The molecule has 0 bridgehead atoms. The molecule has 0 saturated carbocycles. The van der Waals surface area contributed by atoms with Gasteiger partial charge in [-0.25, -0.2) is 0 Å². The van der Waals surface area contributed by atoms with Gasteiger partial charge >= 0.3 is 0 Å². The van der Waals surface area contributed by atoms with Crippen LogP contribution in [0.25, 0.3) is 10.1 Å². The first kappa shape index (κ1) is 11.6. The summed E-state index contributed by atoms with van der Waals surface area (Å²) in [5.74, 6) is 7.75. The molecule has 16 heavy (non-hydrogen) atoms. The third kappa shape index (κ3) is 2.63. The minimum absolute atomic E-state index is 0.758. The smallest absolute Gasteiger partial charge is 0.0999 e. The van der Waals surface area contributed by atoms with Crippen molar-refractivity contribution in [2.24, 2.45) is 0 Å². The van der Waals surface area contributed by atoms with E-state index in [4.69, 9.17) is 10.5 Å². The Kier molecular flexibility index (Phi) is 3.97. The molecule has 2 nitrogen and oxygen atoms in total. The lowest BCUT2D eigenvalue weighted by Gasteiger charge is -1.98. The van der Waals surface area contributed by atoms with Gasteiger partial charge in [0.15, 0.2) is 0 Å². The molecule has 0 atom stereocenters. The van der Waals surface area contributed by atoms with Crippen LogP contribution in [0.2, 0.25) is 0 Å². The summed E-state index contributed by atoms with van der Waals surface area (Å²) in [4.78, 5) is 0. The van der Waals surface area contributed by atoms with Gasteiger partial charge in [0.2, 0.25) is 0 Å². The van der Waals surface area contributed by atoms with Gasteiger partial charge in [-0.05, 0) is 23.2 Å². The molecule has 2 aromatic rings. The van der Waals surface area contributed by atoms with Crippen molar-refractivity contribution < 1.29 is 0 Å². The second-order valence-corrected chi connectivity index (χ2v) is 7.37. The van der Waals surface area contributed by atoms with E-state index in [0.717, 1.165) is 43.9 Å². The lowest BCUT2D eigenvalue weighted by Crippen LogP contribution is -1.66. The quantitative estimate of drug-likeness (QED) is 0.698. The molecule has 0 N–H and O–H groups in total. The van der Waals surface area contributed by atoms with Crippen LogP contribution in [0.15, 0.2) is 23.2 Å². The van der Waals surface area contributed by atoms with Crippen molar-refractivity contribution in [1.82, 2.24) is 0 Å². The fourth-order valence-electron chi connectivity index (χ4n) is 1.00. The van der Waals surface area contributed by atoms with Gasteiger partial charge in [0, 0.05) is 10.1 Å². The molecule has 0 spiro atoms. The Hall–Kier alpha value is -0.860. The van der Waals surface area contributed by atoms with Crippen LogP contribution in [0.3, 0.4) is 0 Å². The van der Waals surface area contributed by atoms with Crippen LogP contribution in [0.5, 0.6) is 0 Å². The van der Waals surface area contributed by atoms with E-state index < -0.39 is 0 Å². The number of rotatable bonds is 1. The number of hydrogen-bond acceptors (Lipinski definition) is 2. The standard InChI is InChI=1S/C10H4N2P4/c11-1-7-3-13-9(14-4-7)10-15-5-8(2-12)6-16-10/h3-6H. The van der Waals surface area contributed by atoms with Crippen LogP contribution < -0.4 is 0 Å². The molecule has 0 fully saturated rings. The molecule has 6 heteroatoms. The topological polar surface area (TPSA) is 47.6 Å². The Morgan fingerprint density at radius 2 is 1.00 bits per heavy atom. The summed E-state index contributed by atoms with van der Waals surface area (Å²) in [5.41, 5.74) is 1.52. The van der Waals surface area contributed by atoms with Gasteiger partial charge in [0.1, 0.15) is 0 Å². The lowest BCUT2D eigenvalue weighted by molar-refractivity contribution is 1.51. The summed E-state index contributed by atoms with van der Waals surface area (Å²) in [6.45, 7) is 0. The number of nitriles is 2. The monoisotopic (exact) mass is 276 g/mol. The highest BCUT2D eigenvalue weighted by molar-refractivity contribution is 7.59. The summed E-state index contributed by atoms with van der Waals surface area (Å²) < 4.78 is 0. The molecule has 0 amide bonds. The average Bonchev–Trinajstić information content (AvgIpc) is 2.39. The van der Waals surface area contributed by atoms with Crippen molar-refractivity contribution in [2.45, 2.75) is 0 Å². The molecule has 0 aliphatic heterocycles. The second kappa shape index (κ2) is 5.46. The Labute approximate surface area is 100.0 Å². The molecule has 0 unspecified atom stereocenters. The fourth-order valence-corrected chi connectivity index (χ4v) is 5.89. The van der Waals surface area contributed by atoms with E-state index in [1.165, 1.54) is 10.1 Å². The van der Waals surface area contributed by atoms with Crippen LogP contribution in [0.4, 0.5) is 0 Å². The van der Waals surface area contributed by atoms with Crippen LogP contribution >= 0.6 is 32.8 Å². The summed E-state index contributed by atoms with van der Waals surface area (Å²) in [6.07, 6.45) is 0. The molecule has 0 aliphatic rings. The molecule has 2 aromatic heterocycles. The highest BCUT2D eigenvalue weighted by Crippen LogP contribution is 2.44. The molecule has 74 valence electrons. The average molecular weight is 276 g/mol. The van der Waals surface area contributed by atoms with E-state index >= 15 is 0 Å². The predicted octanol–water partition coefficient (Wildman–Crippen LogP) is 5.42. The minimum Gasteiger partial charge on any atom is -0.192 e. The first-order chi connectivity index (χ1) is 7.83. The van der Waals surface area contributed by atoms with E-state index in [2.05, 4.69) is 12.1 Å². The highest BCUT2D eigenvalue weighted by atomic mass is 31.1. The third-order valence-electron chi connectivity index (χ3n) is 1.76. The third-order valence-corrected chi connectivity index (χ3v) is 7.35. The zero-order chi connectivity index (χ0) is 11.4. The molecule has 0 saturated heterocycles. The summed E-state index contributed by atoms with van der Waals surface area (Å²) in [5, 5.41) is 20.1. The Balaban J connectivity index is 2.36. The van der Waals surface area contributed by atoms with Gasteiger partial charge in [-0.3, -0.25) is 0 Å². The van der Waals surface area contributed by atoms with E-state index in [1.807, 2.05) is 23.2 Å². The maximum atomic E-state index is 8.72. The van der Waals surface area contributed by atoms with Crippen molar-refractivity contribution in [3.63, 3.8) is 0 Å². The maximum Gasteiger partial charge on any atom is 0.0999 e. The Bertz CT molecular complexity index is 523. The van der Waals surface area contributed by atoms with Crippen LogP contribution in [0, 0.1) is 22.7 Å².